The highest BCUT2D eigenvalue weighted by Gasteiger charge is 2.19. The maximum atomic E-state index is 11.1. The summed E-state index contributed by atoms with van der Waals surface area (Å²) in [4.78, 5) is 20.5. The number of non-ortho nitro benzene ring substituents is 1. The van der Waals surface area contributed by atoms with Crippen LogP contribution in [0.1, 0.15) is 5.56 Å². The van der Waals surface area contributed by atoms with E-state index < -0.39 is 15.5 Å². The Morgan fingerprint density at radius 3 is 2.56 bits per heavy atom. The Morgan fingerprint density at radius 2 is 1.93 bits per heavy atom. The lowest BCUT2D eigenvalue weighted by atomic mass is 10.2. The van der Waals surface area contributed by atoms with Gasteiger partial charge in [-0.25, -0.2) is 0 Å². The summed E-state index contributed by atoms with van der Waals surface area (Å²) in [5.74, 6) is 0.516. The molecule has 0 saturated carbocycles. The molecule has 1 N–H and O–H groups in total. The molecule has 0 heterocycles. The third-order valence-electron chi connectivity index (χ3n) is 3.16. The van der Waals surface area contributed by atoms with Gasteiger partial charge in [-0.3, -0.25) is 25.7 Å². The number of nitro benzene ring substituents is 2. The molecule has 0 unspecified atom stereocenters. The molecule has 27 heavy (non-hydrogen) atoms. The van der Waals surface area contributed by atoms with Gasteiger partial charge in [0.05, 0.1) is 26.6 Å². The van der Waals surface area contributed by atoms with Gasteiger partial charge in [-0.1, -0.05) is 28.6 Å². The number of nitrogens with zero attached hydrogens (tertiary/aromatic N) is 3. The molecule has 0 bridgehead atoms. The SMILES string of the molecule is C=CCOc1c(Br)cc(Br)cc1C=NNc1ccc([N+](=O)[O-])cc1[N+](=O)[O-]. The van der Waals surface area contributed by atoms with Crippen molar-refractivity contribution in [2.24, 2.45) is 5.10 Å². The van der Waals surface area contributed by atoms with Crippen molar-refractivity contribution in [3.05, 3.63) is 77.7 Å². The van der Waals surface area contributed by atoms with Crippen LogP contribution >= 0.6 is 31.9 Å². The monoisotopic (exact) mass is 498 g/mol. The third kappa shape index (κ3) is 5.34. The Labute approximate surface area is 170 Å². The number of anilines is 1. The van der Waals surface area contributed by atoms with Crippen LogP contribution in [-0.4, -0.2) is 22.7 Å². The molecule has 0 atom stereocenters. The standard InChI is InChI=1S/C16H12Br2N4O5/c1-2-5-27-16-10(6-11(17)7-13(16)18)9-19-20-14-4-3-12(21(23)24)8-15(14)22(25)26/h2-4,6-9,20H,1,5H2. The van der Waals surface area contributed by atoms with Gasteiger partial charge in [0.15, 0.2) is 0 Å². The molecule has 11 heteroatoms. The minimum absolute atomic E-state index is 0.0180. The highest BCUT2D eigenvalue weighted by Crippen LogP contribution is 2.32. The van der Waals surface area contributed by atoms with E-state index >= 15 is 0 Å². The summed E-state index contributed by atoms with van der Waals surface area (Å²) in [6.07, 6.45) is 3.01. The lowest BCUT2D eigenvalue weighted by molar-refractivity contribution is -0.393. The van der Waals surface area contributed by atoms with Gasteiger partial charge in [-0.15, -0.1) is 0 Å². The summed E-state index contributed by atoms with van der Waals surface area (Å²) in [6, 6.07) is 6.79. The molecule has 2 rings (SSSR count). The van der Waals surface area contributed by atoms with Crippen molar-refractivity contribution >= 4 is 55.1 Å². The van der Waals surface area contributed by atoms with E-state index in [4.69, 9.17) is 4.74 Å². The normalized spacial score (nSPS) is 10.6. The number of hydrazone groups is 1. The smallest absolute Gasteiger partial charge is 0.301 e. The maximum Gasteiger partial charge on any atom is 0.301 e. The van der Waals surface area contributed by atoms with Crippen LogP contribution in [0.25, 0.3) is 0 Å². The molecule has 2 aromatic carbocycles. The second-order valence-electron chi connectivity index (χ2n) is 4.99. The molecule has 0 amide bonds. The first-order valence-corrected chi connectivity index (χ1v) is 8.86. The molecule has 0 radical (unpaired) electrons. The van der Waals surface area contributed by atoms with Gasteiger partial charge in [0.1, 0.15) is 18.0 Å². The molecule has 0 fully saturated rings. The van der Waals surface area contributed by atoms with Crippen LogP contribution in [0.5, 0.6) is 5.75 Å². The van der Waals surface area contributed by atoms with Crippen molar-refractivity contribution in [1.82, 2.24) is 0 Å². The molecular formula is C16H12Br2N4O5. The largest absolute Gasteiger partial charge is 0.488 e. The van der Waals surface area contributed by atoms with Crippen LogP contribution in [0.4, 0.5) is 17.1 Å². The first-order chi connectivity index (χ1) is 12.8. The molecule has 0 spiro atoms. The predicted octanol–water partition coefficient (Wildman–Crippen LogP) is 5.04. The molecule has 0 aliphatic rings. The van der Waals surface area contributed by atoms with Gasteiger partial charge in [0.25, 0.3) is 5.69 Å². The molecule has 140 valence electrons. The Balaban J connectivity index is 2.31. The fourth-order valence-electron chi connectivity index (χ4n) is 2.02. The van der Waals surface area contributed by atoms with Crippen molar-refractivity contribution in [2.45, 2.75) is 0 Å². The van der Waals surface area contributed by atoms with E-state index in [0.29, 0.717) is 15.8 Å². The second-order valence-corrected chi connectivity index (χ2v) is 6.76. The fraction of sp³-hybridized carbons (Fsp3) is 0.0625. The van der Waals surface area contributed by atoms with Gasteiger partial charge in [-0.05, 0) is 34.1 Å². The number of hydrogen-bond donors (Lipinski definition) is 1. The average molecular weight is 500 g/mol. The van der Waals surface area contributed by atoms with Crippen LogP contribution in [0.15, 0.2) is 57.0 Å². The summed E-state index contributed by atoms with van der Waals surface area (Å²) < 4.78 is 7.04. The van der Waals surface area contributed by atoms with Crippen LogP contribution in [-0.2, 0) is 0 Å². The van der Waals surface area contributed by atoms with Crippen LogP contribution in [0, 0.1) is 20.2 Å². The molecule has 2 aromatic rings. The van der Waals surface area contributed by atoms with Gasteiger partial charge in [0.2, 0.25) is 0 Å². The Hall–Kier alpha value is -2.79. The highest BCUT2D eigenvalue weighted by molar-refractivity contribution is 9.11. The second kappa shape index (κ2) is 9.24. The molecule has 0 aliphatic heterocycles. The van der Waals surface area contributed by atoms with E-state index in [1.54, 1.807) is 18.2 Å². The molecule has 0 saturated heterocycles. The molecule has 0 aliphatic carbocycles. The number of hydrogen-bond acceptors (Lipinski definition) is 7. The molecule has 0 aromatic heterocycles. The van der Waals surface area contributed by atoms with Crippen molar-refractivity contribution < 1.29 is 14.6 Å². The number of rotatable bonds is 8. The van der Waals surface area contributed by atoms with E-state index in [1.165, 1.54) is 12.3 Å². The lowest BCUT2D eigenvalue weighted by Crippen LogP contribution is -2.01. The number of nitro groups is 2. The minimum atomic E-state index is -0.723. The first kappa shape index (κ1) is 20.5. The zero-order valence-corrected chi connectivity index (χ0v) is 16.8. The van der Waals surface area contributed by atoms with E-state index in [2.05, 4.69) is 49.0 Å². The van der Waals surface area contributed by atoms with Gasteiger partial charge < -0.3 is 4.74 Å². The van der Waals surface area contributed by atoms with Crippen LogP contribution in [0.2, 0.25) is 0 Å². The zero-order chi connectivity index (χ0) is 20.0. The highest BCUT2D eigenvalue weighted by atomic mass is 79.9. The van der Waals surface area contributed by atoms with Gasteiger partial charge >= 0.3 is 5.69 Å². The quantitative estimate of drug-likeness (QED) is 0.235. The first-order valence-electron chi connectivity index (χ1n) is 7.28. The number of halogens is 2. The summed E-state index contributed by atoms with van der Waals surface area (Å²) in [7, 11) is 0. The minimum Gasteiger partial charge on any atom is -0.488 e. The van der Waals surface area contributed by atoms with Crippen molar-refractivity contribution in [3.63, 3.8) is 0 Å². The van der Waals surface area contributed by atoms with Crippen LogP contribution < -0.4 is 10.2 Å². The summed E-state index contributed by atoms with van der Waals surface area (Å²) in [5, 5.41) is 25.9. The van der Waals surface area contributed by atoms with Crippen molar-refractivity contribution in [1.29, 1.82) is 0 Å². The predicted molar refractivity (Wildman–Crippen MR) is 109 cm³/mol. The number of benzene rings is 2. The lowest BCUT2D eigenvalue weighted by Gasteiger charge is -2.10. The molecular weight excluding hydrogens is 488 g/mol. The molecule has 9 nitrogen and oxygen atoms in total. The van der Waals surface area contributed by atoms with Gasteiger partial charge in [-0.2, -0.15) is 5.10 Å². The van der Waals surface area contributed by atoms with E-state index in [-0.39, 0.29) is 18.0 Å². The van der Waals surface area contributed by atoms with E-state index in [0.717, 1.165) is 16.6 Å². The Kier molecular flexibility index (Phi) is 7.02. The van der Waals surface area contributed by atoms with Crippen molar-refractivity contribution in [2.75, 3.05) is 12.0 Å². The topological polar surface area (TPSA) is 120 Å². The number of nitrogens with one attached hydrogen (secondary N) is 1. The van der Waals surface area contributed by atoms with Crippen molar-refractivity contribution in [3.8, 4) is 5.75 Å². The van der Waals surface area contributed by atoms with E-state index in [9.17, 15) is 20.2 Å². The Bertz CT molecular complexity index is 933. The summed E-state index contributed by atoms with van der Waals surface area (Å²) in [5.41, 5.74) is 2.30. The third-order valence-corrected chi connectivity index (χ3v) is 4.21. The zero-order valence-electron chi connectivity index (χ0n) is 13.6. The maximum absolute atomic E-state index is 11.1. The summed E-state index contributed by atoms with van der Waals surface area (Å²) in [6.45, 7) is 3.87. The average Bonchev–Trinajstić information content (AvgIpc) is 2.60. The fourth-order valence-corrected chi connectivity index (χ4v) is 3.39. The van der Waals surface area contributed by atoms with Gasteiger partial charge in [0, 0.05) is 16.1 Å². The Morgan fingerprint density at radius 1 is 1.19 bits per heavy atom. The summed E-state index contributed by atoms with van der Waals surface area (Å²) >= 11 is 6.76. The number of ether oxygens (including phenoxy) is 1. The van der Waals surface area contributed by atoms with E-state index in [1.807, 2.05) is 0 Å². The van der Waals surface area contributed by atoms with Crippen LogP contribution in [0.3, 0.4) is 0 Å².